The number of aromatic nitrogens is 1. The molecule has 0 aliphatic carbocycles. The third-order valence-electron chi connectivity index (χ3n) is 2.66. The average Bonchev–Trinajstić information content (AvgIpc) is 2.69. The number of aromatic amines is 1. The predicted molar refractivity (Wildman–Crippen MR) is 71.4 cm³/mol. The van der Waals surface area contributed by atoms with Gasteiger partial charge in [0.25, 0.3) is 0 Å². The minimum atomic E-state index is 0.500. The van der Waals surface area contributed by atoms with E-state index in [9.17, 15) is 0 Å². The molecule has 2 N–H and O–H groups in total. The Bertz CT molecular complexity index is 488. The van der Waals surface area contributed by atoms with Crippen molar-refractivity contribution in [3.63, 3.8) is 0 Å². The summed E-state index contributed by atoms with van der Waals surface area (Å²) < 4.78 is 5.49. The second-order valence-electron chi connectivity index (χ2n) is 4.51. The Hall–Kier alpha value is -1.48. The lowest BCUT2D eigenvalue weighted by Crippen LogP contribution is -2.21. The molecule has 0 amide bonds. The molecule has 3 heteroatoms. The summed E-state index contributed by atoms with van der Waals surface area (Å²) in [5.41, 5.74) is 2.37. The number of nitrogens with one attached hydrogen (secondary N) is 2. The minimum absolute atomic E-state index is 0.500. The number of benzene rings is 1. The third-order valence-corrected chi connectivity index (χ3v) is 2.66. The second-order valence-corrected chi connectivity index (χ2v) is 4.51. The van der Waals surface area contributed by atoms with E-state index in [2.05, 4.69) is 42.3 Å². The molecule has 0 bridgehead atoms. The number of fused-ring (bicyclic) bond motifs is 1. The van der Waals surface area contributed by atoms with Crippen LogP contribution in [-0.4, -0.2) is 17.6 Å². The molecule has 1 aromatic heterocycles. The van der Waals surface area contributed by atoms with Gasteiger partial charge in [-0.05, 0) is 31.2 Å². The Morgan fingerprint density at radius 3 is 2.82 bits per heavy atom. The number of hydrogen-bond acceptors (Lipinski definition) is 2. The van der Waals surface area contributed by atoms with Crippen molar-refractivity contribution in [3.05, 3.63) is 30.0 Å². The minimum Gasteiger partial charge on any atom is -0.494 e. The normalized spacial score (nSPS) is 11.3. The molecule has 0 saturated carbocycles. The van der Waals surface area contributed by atoms with E-state index in [1.807, 2.05) is 13.0 Å². The van der Waals surface area contributed by atoms with Crippen LogP contribution in [-0.2, 0) is 6.54 Å². The summed E-state index contributed by atoms with van der Waals surface area (Å²) in [5.74, 6) is 0.933. The zero-order valence-corrected chi connectivity index (χ0v) is 10.7. The van der Waals surface area contributed by atoms with E-state index < -0.39 is 0 Å². The summed E-state index contributed by atoms with van der Waals surface area (Å²) in [4.78, 5) is 3.40. The Labute approximate surface area is 102 Å². The van der Waals surface area contributed by atoms with E-state index in [0.717, 1.165) is 17.8 Å². The quantitative estimate of drug-likeness (QED) is 0.831. The van der Waals surface area contributed by atoms with Gasteiger partial charge >= 0.3 is 0 Å². The summed E-state index contributed by atoms with van der Waals surface area (Å²) in [6.45, 7) is 7.87. The Balaban J connectivity index is 2.18. The van der Waals surface area contributed by atoms with Gasteiger partial charge in [-0.3, -0.25) is 0 Å². The zero-order chi connectivity index (χ0) is 12.3. The number of hydrogen-bond donors (Lipinski definition) is 2. The predicted octanol–water partition coefficient (Wildman–Crippen LogP) is 3.06. The van der Waals surface area contributed by atoms with Crippen LogP contribution in [0, 0.1) is 0 Å². The SMILES string of the molecule is CCOc1ccc2[nH]c(CNC(C)C)cc2c1. The molecule has 0 saturated heterocycles. The molecule has 0 radical (unpaired) electrons. The highest BCUT2D eigenvalue weighted by atomic mass is 16.5. The average molecular weight is 232 g/mol. The van der Waals surface area contributed by atoms with Crippen LogP contribution < -0.4 is 10.1 Å². The maximum atomic E-state index is 5.49. The van der Waals surface area contributed by atoms with Crippen molar-refractivity contribution in [2.24, 2.45) is 0 Å². The molecule has 0 fully saturated rings. The maximum Gasteiger partial charge on any atom is 0.120 e. The fourth-order valence-electron chi connectivity index (χ4n) is 1.84. The molecule has 2 rings (SSSR count). The molecule has 3 nitrogen and oxygen atoms in total. The van der Waals surface area contributed by atoms with E-state index in [-0.39, 0.29) is 0 Å². The Kier molecular flexibility index (Phi) is 3.69. The van der Waals surface area contributed by atoms with Crippen LogP contribution in [0.3, 0.4) is 0 Å². The number of rotatable bonds is 5. The van der Waals surface area contributed by atoms with E-state index in [0.29, 0.717) is 12.6 Å². The molecular formula is C14H20N2O. The molecule has 0 unspecified atom stereocenters. The standard InChI is InChI=1S/C14H20N2O/c1-4-17-13-5-6-14-11(8-13)7-12(16-14)9-15-10(2)3/h5-8,10,15-16H,4,9H2,1-3H3. The molecule has 0 spiro atoms. The van der Waals surface area contributed by atoms with Crippen molar-refractivity contribution in [2.75, 3.05) is 6.61 Å². The highest BCUT2D eigenvalue weighted by Crippen LogP contribution is 2.21. The summed E-state index contributed by atoms with van der Waals surface area (Å²) >= 11 is 0. The molecule has 0 aliphatic rings. The summed E-state index contributed by atoms with van der Waals surface area (Å²) in [7, 11) is 0. The summed E-state index contributed by atoms with van der Waals surface area (Å²) in [6, 6.07) is 8.82. The highest BCUT2D eigenvalue weighted by molar-refractivity contribution is 5.81. The maximum absolute atomic E-state index is 5.49. The molecule has 17 heavy (non-hydrogen) atoms. The smallest absolute Gasteiger partial charge is 0.120 e. The first-order chi connectivity index (χ1) is 8.19. The van der Waals surface area contributed by atoms with Crippen LogP contribution >= 0.6 is 0 Å². The summed E-state index contributed by atoms with van der Waals surface area (Å²) in [6.07, 6.45) is 0. The van der Waals surface area contributed by atoms with Gasteiger partial charge in [0.05, 0.1) is 6.61 Å². The largest absolute Gasteiger partial charge is 0.494 e. The zero-order valence-electron chi connectivity index (χ0n) is 10.7. The van der Waals surface area contributed by atoms with Crippen LogP contribution in [0.2, 0.25) is 0 Å². The van der Waals surface area contributed by atoms with E-state index in [1.54, 1.807) is 0 Å². The van der Waals surface area contributed by atoms with Crippen molar-refractivity contribution >= 4 is 10.9 Å². The second kappa shape index (κ2) is 5.23. The fraction of sp³-hybridized carbons (Fsp3) is 0.429. The van der Waals surface area contributed by atoms with Crippen LogP contribution in [0.1, 0.15) is 26.5 Å². The third kappa shape index (κ3) is 3.01. The van der Waals surface area contributed by atoms with Crippen LogP contribution in [0.15, 0.2) is 24.3 Å². The van der Waals surface area contributed by atoms with E-state index >= 15 is 0 Å². The molecule has 1 heterocycles. The molecule has 92 valence electrons. The summed E-state index contributed by atoms with van der Waals surface area (Å²) in [5, 5.41) is 4.61. The van der Waals surface area contributed by atoms with Crippen molar-refractivity contribution < 1.29 is 4.74 Å². The van der Waals surface area contributed by atoms with Gasteiger partial charge in [0, 0.05) is 29.2 Å². The van der Waals surface area contributed by atoms with Gasteiger partial charge in [-0.25, -0.2) is 0 Å². The number of ether oxygens (including phenoxy) is 1. The van der Waals surface area contributed by atoms with Gasteiger partial charge in [0.15, 0.2) is 0 Å². The van der Waals surface area contributed by atoms with E-state index in [4.69, 9.17) is 4.74 Å². The van der Waals surface area contributed by atoms with Crippen molar-refractivity contribution in [2.45, 2.75) is 33.4 Å². The van der Waals surface area contributed by atoms with Gasteiger partial charge in [-0.1, -0.05) is 13.8 Å². The Morgan fingerprint density at radius 2 is 2.12 bits per heavy atom. The van der Waals surface area contributed by atoms with Crippen molar-refractivity contribution in [1.29, 1.82) is 0 Å². The lowest BCUT2D eigenvalue weighted by molar-refractivity contribution is 0.341. The Morgan fingerprint density at radius 1 is 1.29 bits per heavy atom. The van der Waals surface area contributed by atoms with Crippen LogP contribution in [0.25, 0.3) is 10.9 Å². The van der Waals surface area contributed by atoms with Crippen LogP contribution in [0.5, 0.6) is 5.75 Å². The van der Waals surface area contributed by atoms with Crippen molar-refractivity contribution in [3.8, 4) is 5.75 Å². The monoisotopic (exact) mass is 232 g/mol. The van der Waals surface area contributed by atoms with Gasteiger partial charge in [0.2, 0.25) is 0 Å². The first kappa shape index (κ1) is 12.0. The van der Waals surface area contributed by atoms with E-state index in [1.165, 1.54) is 11.1 Å². The van der Waals surface area contributed by atoms with Crippen molar-refractivity contribution in [1.82, 2.24) is 10.3 Å². The molecule has 0 aliphatic heterocycles. The first-order valence-corrected chi connectivity index (χ1v) is 6.17. The highest BCUT2D eigenvalue weighted by Gasteiger charge is 2.03. The van der Waals surface area contributed by atoms with Crippen LogP contribution in [0.4, 0.5) is 0 Å². The first-order valence-electron chi connectivity index (χ1n) is 6.17. The van der Waals surface area contributed by atoms with Gasteiger partial charge in [0.1, 0.15) is 5.75 Å². The topological polar surface area (TPSA) is 37.0 Å². The molecule has 2 aromatic rings. The van der Waals surface area contributed by atoms with Gasteiger partial charge in [-0.2, -0.15) is 0 Å². The lowest BCUT2D eigenvalue weighted by atomic mass is 10.2. The molecular weight excluding hydrogens is 212 g/mol. The fourth-order valence-corrected chi connectivity index (χ4v) is 1.84. The lowest BCUT2D eigenvalue weighted by Gasteiger charge is -2.05. The molecule has 0 atom stereocenters. The van der Waals surface area contributed by atoms with Gasteiger partial charge < -0.3 is 15.0 Å². The van der Waals surface area contributed by atoms with Gasteiger partial charge in [-0.15, -0.1) is 0 Å². The molecule has 1 aromatic carbocycles. The number of H-pyrrole nitrogens is 1.